The zero-order chi connectivity index (χ0) is 25.9. The van der Waals surface area contributed by atoms with E-state index in [4.69, 9.17) is 11.6 Å². The second kappa shape index (κ2) is 10.6. The van der Waals surface area contributed by atoms with Crippen molar-refractivity contribution in [1.29, 1.82) is 0 Å². The number of nitrogens with zero attached hydrogens (tertiary/aromatic N) is 2. The average molecular weight is 510 g/mol. The van der Waals surface area contributed by atoms with Gasteiger partial charge < -0.3 is 0 Å². The van der Waals surface area contributed by atoms with Crippen molar-refractivity contribution in [2.75, 3.05) is 6.67 Å². The first-order chi connectivity index (χ1) is 17.1. The van der Waals surface area contributed by atoms with Crippen LogP contribution in [0.1, 0.15) is 70.4 Å². The molecule has 1 aliphatic rings. The molecular formula is C29H33ClFN3O2. The topological polar surface area (TPSA) is 75.7 Å². The number of ketones is 1. The Morgan fingerprint density at radius 2 is 1.83 bits per heavy atom. The molecule has 4 rings (SSSR count). The molecule has 2 aromatic carbocycles. The van der Waals surface area contributed by atoms with Gasteiger partial charge in [-0.15, -0.1) is 0 Å². The van der Waals surface area contributed by atoms with Crippen LogP contribution in [0, 0.1) is 5.41 Å². The van der Waals surface area contributed by atoms with E-state index in [1.807, 2.05) is 36.4 Å². The number of rotatable bonds is 7. The number of hydrogen-bond donors (Lipinski definition) is 1. The SMILES string of the molecule is CC(C)(C)c1cccc(-c2nc(-c3cc(CCC(=O)C4(CF)CCCCC4)ccc3Cl)[nH]c(=O)n2)c1. The van der Waals surface area contributed by atoms with Crippen LogP contribution in [0.4, 0.5) is 4.39 Å². The molecule has 1 heterocycles. The van der Waals surface area contributed by atoms with Gasteiger partial charge >= 0.3 is 5.69 Å². The number of carbonyl (C=O) groups is 1. The van der Waals surface area contributed by atoms with Crippen molar-refractivity contribution in [2.24, 2.45) is 5.41 Å². The van der Waals surface area contributed by atoms with E-state index >= 15 is 0 Å². The molecule has 36 heavy (non-hydrogen) atoms. The molecule has 1 saturated carbocycles. The van der Waals surface area contributed by atoms with E-state index in [2.05, 4.69) is 35.7 Å². The molecule has 3 aromatic rings. The largest absolute Gasteiger partial charge is 0.348 e. The standard InChI is InChI=1S/C29H33ClFN3O2/c1-28(2,3)21-9-7-8-20(17-21)25-32-26(34-27(36)33-25)22-16-19(10-12-23(22)30)11-13-24(35)29(18-31)14-5-4-6-15-29/h7-10,12,16-17H,4-6,11,13-15,18H2,1-3H3,(H,32,33,34,36). The van der Waals surface area contributed by atoms with Crippen LogP contribution in [0.2, 0.25) is 5.02 Å². The van der Waals surface area contributed by atoms with E-state index in [1.165, 1.54) is 0 Å². The van der Waals surface area contributed by atoms with E-state index in [9.17, 15) is 14.0 Å². The smallest absolute Gasteiger partial charge is 0.299 e. The van der Waals surface area contributed by atoms with Gasteiger partial charge in [0.05, 0.1) is 10.4 Å². The second-order valence-electron chi connectivity index (χ2n) is 10.9. The number of H-pyrrole nitrogens is 1. The third-order valence-electron chi connectivity index (χ3n) is 7.22. The van der Waals surface area contributed by atoms with Gasteiger partial charge in [-0.25, -0.2) is 9.78 Å². The fourth-order valence-electron chi connectivity index (χ4n) is 4.91. The Labute approximate surface area is 216 Å². The van der Waals surface area contributed by atoms with Gasteiger partial charge in [0.25, 0.3) is 0 Å². The highest BCUT2D eigenvalue weighted by Gasteiger charge is 2.38. The summed E-state index contributed by atoms with van der Waals surface area (Å²) in [7, 11) is 0. The summed E-state index contributed by atoms with van der Waals surface area (Å²) in [6.45, 7) is 5.78. The van der Waals surface area contributed by atoms with Crippen molar-refractivity contribution in [3.8, 4) is 22.8 Å². The van der Waals surface area contributed by atoms with Crippen molar-refractivity contribution < 1.29 is 9.18 Å². The quantitative estimate of drug-likeness (QED) is 0.377. The lowest BCUT2D eigenvalue weighted by Crippen LogP contribution is -2.35. The zero-order valence-corrected chi connectivity index (χ0v) is 21.9. The van der Waals surface area contributed by atoms with Crippen molar-refractivity contribution in [2.45, 2.75) is 71.1 Å². The third kappa shape index (κ3) is 5.75. The summed E-state index contributed by atoms with van der Waals surface area (Å²) in [5.41, 5.74) is 1.90. The van der Waals surface area contributed by atoms with Crippen LogP contribution in [0.5, 0.6) is 0 Å². The van der Waals surface area contributed by atoms with Crippen LogP contribution in [-0.4, -0.2) is 27.4 Å². The van der Waals surface area contributed by atoms with Crippen molar-refractivity contribution in [1.82, 2.24) is 15.0 Å². The van der Waals surface area contributed by atoms with E-state index < -0.39 is 17.8 Å². The number of nitrogens with one attached hydrogen (secondary N) is 1. The molecular weight excluding hydrogens is 477 g/mol. The number of aromatic amines is 1. The molecule has 0 amide bonds. The number of aromatic nitrogens is 3. The number of Topliss-reactive ketones (excluding diaryl/α,β-unsaturated/α-hetero) is 1. The van der Waals surface area contributed by atoms with Gasteiger partial charge in [0, 0.05) is 17.5 Å². The molecule has 0 spiro atoms. The highest BCUT2D eigenvalue weighted by Crippen LogP contribution is 2.39. The van der Waals surface area contributed by atoms with Gasteiger partial charge in [-0.1, -0.05) is 75.9 Å². The molecule has 1 aromatic heterocycles. The second-order valence-corrected chi connectivity index (χ2v) is 11.3. The number of aryl methyl sites for hydroxylation is 1. The number of alkyl halides is 1. The first kappa shape index (κ1) is 26.2. The fraction of sp³-hybridized carbons (Fsp3) is 0.448. The molecule has 0 aliphatic heterocycles. The summed E-state index contributed by atoms with van der Waals surface area (Å²) in [5, 5.41) is 0.432. The van der Waals surface area contributed by atoms with Crippen LogP contribution >= 0.6 is 11.6 Å². The number of hydrogen-bond acceptors (Lipinski definition) is 4. The van der Waals surface area contributed by atoms with Crippen LogP contribution in [0.15, 0.2) is 47.3 Å². The van der Waals surface area contributed by atoms with Crippen LogP contribution in [0.25, 0.3) is 22.8 Å². The molecule has 7 heteroatoms. The Bertz CT molecular complexity index is 1310. The predicted octanol–water partition coefficient (Wildman–Crippen LogP) is 6.87. The summed E-state index contributed by atoms with van der Waals surface area (Å²) in [5.74, 6) is 0.633. The first-order valence-corrected chi connectivity index (χ1v) is 13.0. The lowest BCUT2D eigenvalue weighted by Gasteiger charge is -2.33. The van der Waals surface area contributed by atoms with Crippen LogP contribution in [-0.2, 0) is 16.6 Å². The monoisotopic (exact) mass is 509 g/mol. The first-order valence-electron chi connectivity index (χ1n) is 12.6. The number of halogens is 2. The van der Waals surface area contributed by atoms with Gasteiger partial charge in [-0.2, -0.15) is 4.98 Å². The molecule has 190 valence electrons. The average Bonchev–Trinajstić information content (AvgIpc) is 2.87. The maximum Gasteiger partial charge on any atom is 0.348 e. The minimum Gasteiger partial charge on any atom is -0.299 e. The van der Waals surface area contributed by atoms with Crippen LogP contribution < -0.4 is 5.69 Å². The van der Waals surface area contributed by atoms with Gasteiger partial charge in [0.2, 0.25) is 0 Å². The fourth-order valence-corrected chi connectivity index (χ4v) is 5.12. The molecule has 5 nitrogen and oxygen atoms in total. The molecule has 0 saturated heterocycles. The molecule has 1 fully saturated rings. The van der Waals surface area contributed by atoms with E-state index in [-0.39, 0.29) is 17.6 Å². The van der Waals surface area contributed by atoms with Gasteiger partial charge in [0.15, 0.2) is 5.82 Å². The molecule has 0 bridgehead atoms. The van der Waals surface area contributed by atoms with E-state index in [1.54, 1.807) is 6.07 Å². The normalized spacial score (nSPS) is 15.6. The maximum absolute atomic E-state index is 13.9. The summed E-state index contributed by atoms with van der Waals surface area (Å²) in [6, 6.07) is 13.3. The zero-order valence-electron chi connectivity index (χ0n) is 21.2. The Morgan fingerprint density at radius 1 is 1.08 bits per heavy atom. The lowest BCUT2D eigenvalue weighted by atomic mass is 9.71. The van der Waals surface area contributed by atoms with Gasteiger partial charge in [-0.05, 0) is 54.0 Å². The number of carbonyl (C=O) groups excluding carboxylic acids is 1. The summed E-state index contributed by atoms with van der Waals surface area (Å²) < 4.78 is 13.9. The third-order valence-corrected chi connectivity index (χ3v) is 7.55. The van der Waals surface area contributed by atoms with E-state index in [0.717, 1.165) is 36.0 Å². The Hall–Kier alpha value is -2.86. The van der Waals surface area contributed by atoms with Gasteiger partial charge in [0.1, 0.15) is 18.3 Å². The van der Waals surface area contributed by atoms with E-state index in [0.29, 0.717) is 41.5 Å². The highest BCUT2D eigenvalue weighted by atomic mass is 35.5. The molecule has 0 atom stereocenters. The summed E-state index contributed by atoms with van der Waals surface area (Å²) in [4.78, 5) is 36.8. The van der Waals surface area contributed by atoms with Crippen molar-refractivity contribution in [3.05, 3.63) is 69.1 Å². The Balaban J connectivity index is 1.61. The molecule has 0 unspecified atom stereocenters. The minimum atomic E-state index is -0.818. The molecule has 0 radical (unpaired) electrons. The summed E-state index contributed by atoms with van der Waals surface area (Å²) >= 11 is 6.50. The Kier molecular flexibility index (Phi) is 7.74. The predicted molar refractivity (Wildman–Crippen MR) is 142 cm³/mol. The molecule has 1 N–H and O–H groups in total. The Morgan fingerprint density at radius 3 is 2.53 bits per heavy atom. The maximum atomic E-state index is 13.9. The molecule has 1 aliphatic carbocycles. The highest BCUT2D eigenvalue weighted by molar-refractivity contribution is 6.33. The van der Waals surface area contributed by atoms with Gasteiger partial charge in [-0.3, -0.25) is 14.2 Å². The van der Waals surface area contributed by atoms with Crippen LogP contribution in [0.3, 0.4) is 0 Å². The van der Waals surface area contributed by atoms with Crippen molar-refractivity contribution in [3.63, 3.8) is 0 Å². The summed E-state index contributed by atoms with van der Waals surface area (Å²) in [6.07, 6.45) is 4.89. The number of benzene rings is 2. The lowest BCUT2D eigenvalue weighted by molar-refractivity contribution is -0.131. The minimum absolute atomic E-state index is 0.00217. The van der Waals surface area contributed by atoms with Crippen molar-refractivity contribution >= 4 is 17.4 Å².